The summed E-state index contributed by atoms with van der Waals surface area (Å²) in [4.78, 5) is 0. The van der Waals surface area contributed by atoms with Gasteiger partial charge in [0.1, 0.15) is 0 Å². The molecule has 0 aliphatic rings. The van der Waals surface area contributed by atoms with Gasteiger partial charge < -0.3 is 13.7 Å². The Hall–Kier alpha value is -1.15. The van der Waals surface area contributed by atoms with Gasteiger partial charge in [-0.15, -0.1) is 0 Å². The molecule has 6 nitrogen and oxygen atoms in total. The fourth-order valence-electron chi connectivity index (χ4n) is 1.93. The summed E-state index contributed by atoms with van der Waals surface area (Å²) in [5, 5.41) is 0. The molecule has 0 amide bonds. The molecule has 7 heteroatoms. The third-order valence-electron chi connectivity index (χ3n) is 2.90. The van der Waals surface area contributed by atoms with E-state index in [0.29, 0.717) is 11.1 Å². The molecular weight excluding hydrogens is 296 g/mol. The second-order valence-electron chi connectivity index (χ2n) is 5.75. The molecule has 0 saturated heterocycles. The van der Waals surface area contributed by atoms with Crippen molar-refractivity contribution in [3.8, 4) is 5.75 Å². The Balaban J connectivity index is 3.49. The summed E-state index contributed by atoms with van der Waals surface area (Å²) < 4.78 is 45.9. The van der Waals surface area contributed by atoms with Crippen molar-refractivity contribution in [2.24, 2.45) is 0 Å². The molecule has 0 heterocycles. The van der Waals surface area contributed by atoms with Gasteiger partial charge in [-0.1, -0.05) is 20.8 Å². The van der Waals surface area contributed by atoms with Crippen LogP contribution in [0, 0.1) is 0 Å². The topological polar surface area (TPSA) is 82.1 Å². The lowest BCUT2D eigenvalue weighted by Crippen LogP contribution is -2.16. The number of hydrogen-bond acceptors (Lipinski definition) is 5. The van der Waals surface area contributed by atoms with Crippen LogP contribution in [-0.4, -0.2) is 27.2 Å². The Labute approximate surface area is 126 Å². The Bertz CT molecular complexity index is 559. The molecule has 0 saturated carbocycles. The molecule has 21 heavy (non-hydrogen) atoms. The van der Waals surface area contributed by atoms with Gasteiger partial charge in [0.2, 0.25) is 0 Å². The van der Waals surface area contributed by atoms with E-state index in [-0.39, 0.29) is 24.4 Å². The van der Waals surface area contributed by atoms with Crippen LogP contribution in [0.2, 0.25) is 0 Å². The van der Waals surface area contributed by atoms with Crippen molar-refractivity contribution in [1.82, 2.24) is 0 Å². The number of rotatable bonds is 6. The quantitative estimate of drug-likeness (QED) is 0.811. The van der Waals surface area contributed by atoms with Gasteiger partial charge in [-0.2, -0.15) is 8.42 Å². The van der Waals surface area contributed by atoms with E-state index in [4.69, 9.17) is 18.2 Å². The van der Waals surface area contributed by atoms with Gasteiger partial charge in [0.15, 0.2) is 5.75 Å². The van der Waals surface area contributed by atoms with Crippen molar-refractivity contribution in [1.29, 1.82) is 0 Å². The molecule has 0 unspecified atom stereocenters. The van der Waals surface area contributed by atoms with E-state index >= 15 is 0 Å². The number of hydrogen-bond donors (Lipinski definition) is 1. The zero-order valence-electron chi connectivity index (χ0n) is 13.0. The highest BCUT2D eigenvalue weighted by Gasteiger charge is 2.22. The van der Waals surface area contributed by atoms with E-state index in [1.807, 2.05) is 32.9 Å². The highest BCUT2D eigenvalue weighted by atomic mass is 32.3. The van der Waals surface area contributed by atoms with Crippen LogP contribution >= 0.6 is 0 Å². The minimum absolute atomic E-state index is 0.0502. The van der Waals surface area contributed by atoms with E-state index in [2.05, 4.69) is 0 Å². The predicted octanol–water partition coefficient (Wildman–Crippen LogP) is 2.46. The van der Waals surface area contributed by atoms with Crippen LogP contribution in [0.3, 0.4) is 0 Å². The molecule has 0 spiro atoms. The van der Waals surface area contributed by atoms with Gasteiger partial charge in [0.05, 0.1) is 13.2 Å². The Morgan fingerprint density at radius 3 is 1.76 bits per heavy atom. The molecule has 1 aromatic rings. The summed E-state index contributed by atoms with van der Waals surface area (Å²) in [6.45, 7) is 6.44. The van der Waals surface area contributed by atoms with Gasteiger partial charge in [-0.05, 0) is 23.1 Å². The lowest BCUT2D eigenvalue weighted by atomic mass is 9.85. The van der Waals surface area contributed by atoms with Crippen molar-refractivity contribution < 1.29 is 26.6 Å². The number of benzene rings is 1. The summed E-state index contributed by atoms with van der Waals surface area (Å²) >= 11 is 0. The maximum Gasteiger partial charge on any atom is 0.446 e. The minimum atomic E-state index is -4.62. The largest absolute Gasteiger partial charge is 0.446 e. The molecule has 0 radical (unpaired) electrons. The van der Waals surface area contributed by atoms with Gasteiger partial charge in [-0.3, -0.25) is 4.55 Å². The number of methoxy groups -OCH3 is 2. The van der Waals surface area contributed by atoms with E-state index in [9.17, 15) is 8.42 Å². The van der Waals surface area contributed by atoms with Crippen LogP contribution in [0.1, 0.15) is 37.5 Å². The lowest BCUT2D eigenvalue weighted by molar-refractivity contribution is 0.176. The van der Waals surface area contributed by atoms with Crippen molar-refractivity contribution in [2.75, 3.05) is 14.2 Å². The summed E-state index contributed by atoms with van der Waals surface area (Å²) in [5.41, 5.74) is 1.93. The molecule has 0 aliphatic heterocycles. The van der Waals surface area contributed by atoms with Gasteiger partial charge in [-0.25, -0.2) is 0 Å². The van der Waals surface area contributed by atoms with E-state index < -0.39 is 10.4 Å². The van der Waals surface area contributed by atoms with Crippen LogP contribution < -0.4 is 4.18 Å². The monoisotopic (exact) mass is 318 g/mol. The molecular formula is C14H22O6S. The maximum atomic E-state index is 11.0. The Morgan fingerprint density at radius 2 is 1.48 bits per heavy atom. The maximum absolute atomic E-state index is 11.0. The average molecular weight is 318 g/mol. The van der Waals surface area contributed by atoms with E-state index in [1.165, 1.54) is 14.2 Å². The van der Waals surface area contributed by atoms with Crippen LogP contribution in [0.25, 0.3) is 0 Å². The summed E-state index contributed by atoms with van der Waals surface area (Å²) in [7, 11) is -1.62. The normalized spacial score (nSPS) is 12.5. The summed E-state index contributed by atoms with van der Waals surface area (Å²) in [6, 6.07) is 3.62. The summed E-state index contributed by atoms with van der Waals surface area (Å²) in [5.74, 6) is 0.0502. The molecule has 0 aromatic heterocycles. The molecule has 0 bridgehead atoms. The zero-order chi connectivity index (χ0) is 16.3. The van der Waals surface area contributed by atoms with Crippen LogP contribution in [0.15, 0.2) is 12.1 Å². The van der Waals surface area contributed by atoms with E-state index in [0.717, 1.165) is 5.56 Å². The second-order valence-corrected chi connectivity index (χ2v) is 6.77. The first-order valence-corrected chi connectivity index (χ1v) is 7.76. The first kappa shape index (κ1) is 17.9. The van der Waals surface area contributed by atoms with Crippen LogP contribution in [0.5, 0.6) is 5.75 Å². The third kappa shape index (κ3) is 5.28. The number of ether oxygens (including phenoxy) is 2. The van der Waals surface area contributed by atoms with Gasteiger partial charge in [0.25, 0.3) is 0 Å². The molecule has 0 atom stereocenters. The third-order valence-corrected chi connectivity index (χ3v) is 3.27. The summed E-state index contributed by atoms with van der Waals surface area (Å²) in [6.07, 6.45) is 0. The van der Waals surface area contributed by atoms with Crippen molar-refractivity contribution >= 4 is 10.4 Å². The molecule has 0 fully saturated rings. The van der Waals surface area contributed by atoms with Crippen molar-refractivity contribution in [3.05, 3.63) is 28.8 Å². The van der Waals surface area contributed by atoms with Crippen molar-refractivity contribution in [3.63, 3.8) is 0 Å². The highest BCUT2D eigenvalue weighted by molar-refractivity contribution is 7.81. The fourth-order valence-corrected chi connectivity index (χ4v) is 2.35. The van der Waals surface area contributed by atoms with Gasteiger partial charge >= 0.3 is 10.4 Å². The highest BCUT2D eigenvalue weighted by Crippen LogP contribution is 2.33. The first-order chi connectivity index (χ1) is 9.58. The van der Waals surface area contributed by atoms with Crippen molar-refractivity contribution in [2.45, 2.75) is 39.4 Å². The molecule has 1 N–H and O–H groups in total. The fraction of sp³-hybridized carbons (Fsp3) is 0.571. The molecule has 120 valence electrons. The van der Waals surface area contributed by atoms with E-state index in [1.54, 1.807) is 0 Å². The standard InChI is InChI=1S/C14H22O6S/c1-14(2,3)12-6-10(8-18-4)13(20-21(15,16)17)11(7-12)9-19-5/h6-7H,8-9H2,1-5H3,(H,15,16,17). The lowest BCUT2D eigenvalue weighted by Gasteiger charge is -2.23. The molecule has 0 aliphatic carbocycles. The SMILES string of the molecule is COCc1cc(C(C)(C)C)cc(COC)c1OS(=O)(=O)O. The molecule has 1 aromatic carbocycles. The molecule has 1 rings (SSSR count). The first-order valence-electron chi connectivity index (χ1n) is 6.39. The zero-order valence-corrected chi connectivity index (χ0v) is 13.8. The predicted molar refractivity (Wildman–Crippen MR) is 78.7 cm³/mol. The van der Waals surface area contributed by atoms with Crippen LogP contribution in [-0.2, 0) is 38.5 Å². The smallest absolute Gasteiger partial charge is 0.380 e. The Kier molecular flexibility index (Phi) is 5.75. The minimum Gasteiger partial charge on any atom is -0.380 e. The second kappa shape index (κ2) is 6.74. The van der Waals surface area contributed by atoms with Crippen LogP contribution in [0.4, 0.5) is 0 Å². The average Bonchev–Trinajstić information content (AvgIpc) is 2.30. The Morgan fingerprint density at radius 1 is 1.05 bits per heavy atom. The van der Waals surface area contributed by atoms with Gasteiger partial charge in [0, 0.05) is 25.3 Å².